The van der Waals surface area contributed by atoms with E-state index in [4.69, 9.17) is 4.98 Å². The minimum atomic E-state index is -0.857. The van der Waals surface area contributed by atoms with Crippen LogP contribution in [0.3, 0.4) is 0 Å². The van der Waals surface area contributed by atoms with Crippen molar-refractivity contribution in [2.45, 2.75) is 63.7 Å². The summed E-state index contributed by atoms with van der Waals surface area (Å²) in [7, 11) is 0. The quantitative estimate of drug-likeness (QED) is 0.403. The lowest BCUT2D eigenvalue weighted by atomic mass is 9.78. The Labute approximate surface area is 198 Å². The number of rotatable bonds is 7. The molecule has 0 spiro atoms. The van der Waals surface area contributed by atoms with Gasteiger partial charge in [-0.15, -0.1) is 11.3 Å². The van der Waals surface area contributed by atoms with Gasteiger partial charge in [0.1, 0.15) is 5.01 Å². The molecule has 2 aromatic carbocycles. The molecule has 2 N–H and O–H groups in total. The van der Waals surface area contributed by atoms with Crippen molar-refractivity contribution in [3.05, 3.63) is 47.5 Å². The molecule has 1 unspecified atom stereocenters. The Morgan fingerprint density at radius 3 is 2.52 bits per heavy atom. The highest BCUT2D eigenvalue weighted by Crippen LogP contribution is 2.39. The fourth-order valence-corrected chi connectivity index (χ4v) is 6.07. The maximum absolute atomic E-state index is 12.7. The first-order valence-corrected chi connectivity index (χ1v) is 13.0. The van der Waals surface area contributed by atoms with Gasteiger partial charge in [0.15, 0.2) is 0 Å². The average molecular weight is 463 g/mol. The topological polar surface area (TPSA) is 79.3 Å². The van der Waals surface area contributed by atoms with Gasteiger partial charge in [0.05, 0.1) is 11.6 Å². The second-order valence-electron chi connectivity index (χ2n) is 9.58. The van der Waals surface area contributed by atoms with Gasteiger partial charge in [-0.25, -0.2) is 4.98 Å². The molecule has 0 saturated heterocycles. The number of aromatic nitrogens is 1. The third kappa shape index (κ3) is 4.96. The van der Waals surface area contributed by atoms with Gasteiger partial charge >= 0.3 is 5.97 Å². The molecule has 1 atom stereocenters. The molecule has 6 heteroatoms. The predicted octanol–water partition coefficient (Wildman–Crippen LogP) is 6.84. The van der Waals surface area contributed by atoms with Crippen LogP contribution >= 0.6 is 11.3 Å². The Morgan fingerprint density at radius 1 is 1.00 bits per heavy atom. The van der Waals surface area contributed by atoms with Crippen molar-refractivity contribution >= 4 is 39.7 Å². The zero-order valence-corrected chi connectivity index (χ0v) is 19.6. The number of benzene rings is 2. The minimum Gasteiger partial charge on any atom is -0.481 e. The smallest absolute Gasteiger partial charge is 0.307 e. The van der Waals surface area contributed by atoms with E-state index in [0.29, 0.717) is 11.6 Å². The number of nitrogens with zero attached hydrogens (tertiary/aromatic N) is 1. The van der Waals surface area contributed by atoms with Crippen molar-refractivity contribution in [3.63, 3.8) is 0 Å². The summed E-state index contributed by atoms with van der Waals surface area (Å²) in [5, 5.41) is 18.0. The van der Waals surface area contributed by atoms with Crippen LogP contribution in [-0.2, 0) is 9.59 Å². The van der Waals surface area contributed by atoms with Crippen LogP contribution in [-0.4, -0.2) is 22.0 Å². The van der Waals surface area contributed by atoms with E-state index in [9.17, 15) is 14.7 Å². The molecule has 2 fully saturated rings. The van der Waals surface area contributed by atoms with Crippen molar-refractivity contribution in [3.8, 4) is 10.6 Å². The SMILES string of the molecule is O=C(CC(C(=O)O)C1CCCCC1)Nc1ccc2ccc(-c3nc(C4CCC4)cs3)cc2c1. The number of hydrogen-bond donors (Lipinski definition) is 2. The van der Waals surface area contributed by atoms with E-state index >= 15 is 0 Å². The van der Waals surface area contributed by atoms with Gasteiger partial charge in [-0.2, -0.15) is 0 Å². The van der Waals surface area contributed by atoms with Crippen LogP contribution in [0.4, 0.5) is 5.69 Å². The van der Waals surface area contributed by atoms with Crippen LogP contribution in [0.1, 0.15) is 69.4 Å². The van der Waals surface area contributed by atoms with Crippen LogP contribution in [0, 0.1) is 11.8 Å². The molecule has 33 heavy (non-hydrogen) atoms. The van der Waals surface area contributed by atoms with Gasteiger partial charge in [0.2, 0.25) is 5.91 Å². The summed E-state index contributed by atoms with van der Waals surface area (Å²) >= 11 is 1.69. The molecule has 0 radical (unpaired) electrons. The van der Waals surface area contributed by atoms with Crippen molar-refractivity contribution in [1.29, 1.82) is 0 Å². The van der Waals surface area contributed by atoms with Crippen LogP contribution in [0.25, 0.3) is 21.3 Å². The fraction of sp³-hybridized carbons (Fsp3) is 0.444. The molecule has 0 aliphatic heterocycles. The van der Waals surface area contributed by atoms with Crippen molar-refractivity contribution in [2.24, 2.45) is 11.8 Å². The van der Waals surface area contributed by atoms with Crippen LogP contribution in [0.2, 0.25) is 0 Å². The lowest BCUT2D eigenvalue weighted by Crippen LogP contribution is -2.30. The summed E-state index contributed by atoms with van der Waals surface area (Å²) in [5.41, 5.74) is 3.00. The van der Waals surface area contributed by atoms with E-state index in [2.05, 4.69) is 28.9 Å². The Morgan fingerprint density at radius 2 is 1.79 bits per heavy atom. The van der Waals surface area contributed by atoms with Gasteiger partial charge in [-0.1, -0.05) is 43.9 Å². The number of carbonyl (C=O) groups excluding carboxylic acids is 1. The molecule has 5 rings (SSSR count). The van der Waals surface area contributed by atoms with E-state index < -0.39 is 11.9 Å². The van der Waals surface area contributed by atoms with E-state index in [0.717, 1.165) is 53.4 Å². The fourth-order valence-electron chi connectivity index (χ4n) is 5.17. The standard InChI is InChI=1S/C27H30N2O3S/c30-25(15-23(27(31)32)18-5-2-1-3-6-18)28-22-12-11-17-9-10-20(13-21(17)14-22)26-29-24(16-33-26)19-7-4-8-19/h9-14,16,18-19,23H,1-8,15H2,(H,28,30)(H,31,32). The summed E-state index contributed by atoms with van der Waals surface area (Å²) in [5.74, 6) is -0.963. The maximum atomic E-state index is 12.7. The number of carbonyl (C=O) groups is 2. The number of anilines is 1. The van der Waals surface area contributed by atoms with Crippen molar-refractivity contribution in [1.82, 2.24) is 4.98 Å². The van der Waals surface area contributed by atoms with E-state index in [1.54, 1.807) is 11.3 Å². The number of carboxylic acids is 1. The second kappa shape index (κ2) is 9.64. The summed E-state index contributed by atoms with van der Waals surface area (Å²) in [6, 6.07) is 12.2. The molecule has 1 aromatic heterocycles. The van der Waals surface area contributed by atoms with Gasteiger partial charge in [-0.05, 0) is 60.6 Å². The minimum absolute atomic E-state index is 0.0289. The molecule has 5 nitrogen and oxygen atoms in total. The van der Waals surface area contributed by atoms with Gasteiger partial charge in [0, 0.05) is 29.0 Å². The lowest BCUT2D eigenvalue weighted by molar-refractivity contribution is -0.146. The molecule has 3 aromatic rings. The number of carboxylic acid groups (broad SMARTS) is 1. The van der Waals surface area contributed by atoms with Gasteiger partial charge in [0.25, 0.3) is 0 Å². The zero-order chi connectivity index (χ0) is 22.8. The summed E-state index contributed by atoms with van der Waals surface area (Å²) in [6.45, 7) is 0. The number of aliphatic carboxylic acids is 1. The number of fused-ring (bicyclic) bond motifs is 1. The normalized spacial score (nSPS) is 18.1. The lowest BCUT2D eigenvalue weighted by Gasteiger charge is -2.27. The highest BCUT2D eigenvalue weighted by atomic mass is 32.1. The molecule has 1 amide bonds. The summed E-state index contributed by atoms with van der Waals surface area (Å²) < 4.78 is 0. The number of hydrogen-bond acceptors (Lipinski definition) is 4. The Kier molecular flexibility index (Phi) is 6.45. The zero-order valence-electron chi connectivity index (χ0n) is 18.8. The first-order valence-electron chi connectivity index (χ1n) is 12.1. The largest absolute Gasteiger partial charge is 0.481 e. The summed E-state index contributed by atoms with van der Waals surface area (Å²) in [4.78, 5) is 29.4. The van der Waals surface area contributed by atoms with E-state index in [1.807, 2.05) is 18.2 Å². The molecule has 172 valence electrons. The Balaban J connectivity index is 1.30. The molecule has 0 bridgehead atoms. The van der Waals surface area contributed by atoms with E-state index in [1.165, 1.54) is 25.0 Å². The van der Waals surface area contributed by atoms with E-state index in [-0.39, 0.29) is 18.2 Å². The second-order valence-corrected chi connectivity index (χ2v) is 10.4. The monoisotopic (exact) mass is 462 g/mol. The first kappa shape index (κ1) is 22.1. The van der Waals surface area contributed by atoms with Crippen LogP contribution < -0.4 is 5.32 Å². The third-order valence-corrected chi connectivity index (χ3v) is 8.27. The molecular formula is C27H30N2O3S. The molecule has 2 saturated carbocycles. The molecular weight excluding hydrogens is 432 g/mol. The van der Waals surface area contributed by atoms with Gasteiger partial charge in [-0.3, -0.25) is 9.59 Å². The first-order chi connectivity index (χ1) is 16.1. The van der Waals surface area contributed by atoms with Crippen molar-refractivity contribution in [2.75, 3.05) is 5.32 Å². The number of amides is 1. The average Bonchev–Trinajstić information content (AvgIpc) is 3.25. The predicted molar refractivity (Wildman–Crippen MR) is 133 cm³/mol. The number of thiazole rings is 1. The Hall–Kier alpha value is -2.73. The van der Waals surface area contributed by atoms with Crippen molar-refractivity contribution < 1.29 is 14.7 Å². The third-order valence-electron chi connectivity index (χ3n) is 7.36. The highest BCUT2D eigenvalue weighted by molar-refractivity contribution is 7.13. The summed E-state index contributed by atoms with van der Waals surface area (Å²) in [6.07, 6.45) is 8.91. The molecule has 1 heterocycles. The van der Waals surface area contributed by atoms with Crippen LogP contribution in [0.5, 0.6) is 0 Å². The number of nitrogens with one attached hydrogen (secondary N) is 1. The molecule has 2 aliphatic carbocycles. The maximum Gasteiger partial charge on any atom is 0.307 e. The molecule has 2 aliphatic rings. The van der Waals surface area contributed by atoms with Crippen LogP contribution in [0.15, 0.2) is 41.8 Å². The Bertz CT molecular complexity index is 1160. The van der Waals surface area contributed by atoms with Gasteiger partial charge < -0.3 is 10.4 Å². The highest BCUT2D eigenvalue weighted by Gasteiger charge is 2.31.